The summed E-state index contributed by atoms with van der Waals surface area (Å²) in [6.07, 6.45) is 4.54. The maximum Gasteiger partial charge on any atom is 0.276 e. The number of nitrogens with zero attached hydrogens (tertiary/aromatic N) is 9. The highest BCUT2D eigenvalue weighted by atomic mass is 16.5. The Balaban J connectivity index is 1.22. The number of nitrogens with two attached hydrogens (primary N) is 1. The molecule has 4 aromatic heterocycles. The van der Waals surface area contributed by atoms with Crippen LogP contribution in [0, 0.1) is 13.8 Å². The lowest BCUT2D eigenvalue weighted by Gasteiger charge is -2.26. The molecule has 18 heteroatoms. The summed E-state index contributed by atoms with van der Waals surface area (Å²) in [5.41, 5.74) is 10.9. The van der Waals surface area contributed by atoms with E-state index in [1.807, 2.05) is 55.0 Å². The summed E-state index contributed by atoms with van der Waals surface area (Å²) < 4.78 is 18.8. The Kier molecular flexibility index (Phi) is 12.5. The number of hydrogen-bond donors (Lipinski definition) is 3. The number of aryl methyl sites for hydroxylation is 4. The topological polar surface area (TPSA) is 211 Å². The van der Waals surface area contributed by atoms with Gasteiger partial charge in [0.2, 0.25) is 17.8 Å². The van der Waals surface area contributed by atoms with Crippen molar-refractivity contribution < 1.29 is 28.7 Å². The predicted molar refractivity (Wildman–Crippen MR) is 226 cm³/mol. The van der Waals surface area contributed by atoms with Crippen LogP contribution in [-0.2, 0) is 30.9 Å². The van der Waals surface area contributed by atoms with Gasteiger partial charge in [0.25, 0.3) is 11.8 Å². The van der Waals surface area contributed by atoms with Crippen LogP contribution in [0.15, 0.2) is 54.6 Å². The number of morpholine rings is 1. The molecule has 6 aromatic rings. The van der Waals surface area contributed by atoms with Gasteiger partial charge in [-0.1, -0.05) is 12.2 Å². The molecule has 1 aliphatic rings. The number of rotatable bonds is 17. The first-order valence-corrected chi connectivity index (χ1v) is 20.1. The summed E-state index contributed by atoms with van der Waals surface area (Å²) in [5, 5.41) is 14.8. The largest absolute Gasteiger partial charge is 0.491 e. The maximum atomic E-state index is 13.8. The number of Topliss-reactive ketones (excluding diaryl/α,β-unsaturated/α-hetero) is 1. The van der Waals surface area contributed by atoms with Crippen molar-refractivity contribution in [2.24, 2.45) is 5.73 Å². The SMILES string of the molecule is CCn1nc(C)cc1C(=O)Nc1nc2cc(C(C)=O)ccc2n1C/C=C/Cn1c(NC(=O)c2cc(C)nn2CC)nc2cc(C(N)=O)cc(OCCCN3CCOCC3)c21. The van der Waals surface area contributed by atoms with Crippen LogP contribution in [0.4, 0.5) is 11.9 Å². The summed E-state index contributed by atoms with van der Waals surface area (Å²) in [6.45, 7) is 14.7. The number of primary amides is 1. The summed E-state index contributed by atoms with van der Waals surface area (Å²) in [5.74, 6) is -0.616. The molecule has 1 aliphatic heterocycles. The van der Waals surface area contributed by atoms with Crippen molar-refractivity contribution in [2.45, 2.75) is 67.2 Å². The van der Waals surface area contributed by atoms with Crippen molar-refractivity contribution in [3.8, 4) is 5.75 Å². The first-order chi connectivity index (χ1) is 28.9. The molecule has 0 aliphatic carbocycles. The van der Waals surface area contributed by atoms with Gasteiger partial charge in [-0.05, 0) is 83.5 Å². The van der Waals surface area contributed by atoms with E-state index in [9.17, 15) is 19.2 Å². The van der Waals surface area contributed by atoms with Crippen molar-refractivity contribution in [2.75, 3.05) is 50.1 Å². The fourth-order valence-corrected chi connectivity index (χ4v) is 7.31. The average Bonchev–Trinajstić information content (AvgIpc) is 4.00. The Labute approximate surface area is 346 Å². The van der Waals surface area contributed by atoms with Crippen LogP contribution in [0.5, 0.6) is 5.75 Å². The number of amides is 3. The molecular weight excluding hydrogens is 769 g/mol. The van der Waals surface area contributed by atoms with Crippen LogP contribution in [0.3, 0.4) is 0 Å². The molecule has 0 radical (unpaired) electrons. The quantitative estimate of drug-likeness (QED) is 0.0658. The molecule has 0 spiro atoms. The van der Waals surface area contributed by atoms with E-state index in [4.69, 9.17) is 25.2 Å². The minimum atomic E-state index is -0.641. The van der Waals surface area contributed by atoms with E-state index >= 15 is 0 Å². The van der Waals surface area contributed by atoms with Crippen molar-refractivity contribution >= 4 is 57.5 Å². The lowest BCUT2D eigenvalue weighted by atomic mass is 10.1. The maximum absolute atomic E-state index is 13.8. The number of fused-ring (bicyclic) bond motifs is 2. The van der Waals surface area contributed by atoms with Crippen LogP contribution in [-0.4, -0.2) is 107 Å². The van der Waals surface area contributed by atoms with Gasteiger partial charge < -0.3 is 24.3 Å². The second kappa shape index (κ2) is 18.1. The number of nitrogens with one attached hydrogen (secondary N) is 2. The van der Waals surface area contributed by atoms with Crippen LogP contribution in [0.1, 0.15) is 80.3 Å². The number of allylic oxidation sites excluding steroid dienone is 2. The molecule has 0 atom stereocenters. The zero-order chi connectivity index (χ0) is 42.5. The number of imidazole rings is 2. The third kappa shape index (κ3) is 8.98. The molecule has 1 saturated heterocycles. The first-order valence-electron chi connectivity index (χ1n) is 20.1. The van der Waals surface area contributed by atoms with E-state index in [0.29, 0.717) is 89.1 Å². The third-order valence-corrected chi connectivity index (χ3v) is 10.3. The third-order valence-electron chi connectivity index (χ3n) is 10.3. The monoisotopic (exact) mass is 818 g/mol. The Morgan fingerprint density at radius 2 is 1.38 bits per heavy atom. The minimum Gasteiger partial charge on any atom is -0.491 e. The molecule has 0 saturated carbocycles. The van der Waals surface area contributed by atoms with Crippen LogP contribution >= 0.6 is 0 Å². The average molecular weight is 819 g/mol. The Morgan fingerprint density at radius 1 is 0.800 bits per heavy atom. The number of carbonyl (C=O) groups excluding carboxylic acids is 4. The normalized spacial score (nSPS) is 13.4. The van der Waals surface area contributed by atoms with E-state index in [-0.39, 0.29) is 42.2 Å². The molecule has 7 rings (SSSR count). The standard InChI is InChI=1S/C42H50N12O6/c1-6-53-34(21-26(3)48-53)39(57)46-41-44-31-23-29(28(5)55)11-12-33(31)51(41)14-8-9-15-52-37-32(45-42(52)47-40(58)35-22-27(4)49-54(35)7-2)24-30(38(43)56)25-36(37)60-18-10-13-50-16-19-59-20-17-50/h8-9,11-12,21-25H,6-7,10,13-20H2,1-5H3,(H2,43,56)(H,44,46,57)(H,45,47,58)/b9-8+. The van der Waals surface area contributed by atoms with Crippen molar-refractivity contribution in [3.05, 3.63) is 88.5 Å². The summed E-state index contributed by atoms with van der Waals surface area (Å²) in [7, 11) is 0. The van der Waals surface area contributed by atoms with Gasteiger partial charge in [-0.25, -0.2) is 9.97 Å². The molecule has 0 unspecified atom stereocenters. The molecule has 60 heavy (non-hydrogen) atoms. The molecule has 314 valence electrons. The molecule has 1 fully saturated rings. The summed E-state index contributed by atoms with van der Waals surface area (Å²) in [6, 6.07) is 11.9. The molecular formula is C42H50N12O6. The van der Waals surface area contributed by atoms with Crippen molar-refractivity contribution in [1.82, 2.24) is 43.6 Å². The zero-order valence-corrected chi connectivity index (χ0v) is 34.5. The van der Waals surface area contributed by atoms with Gasteiger partial charge in [-0.3, -0.25) is 44.1 Å². The van der Waals surface area contributed by atoms with Crippen molar-refractivity contribution in [1.29, 1.82) is 0 Å². The molecule has 5 heterocycles. The van der Waals surface area contributed by atoms with E-state index in [1.165, 1.54) is 6.92 Å². The smallest absolute Gasteiger partial charge is 0.276 e. The fraction of sp³-hybridized carbons (Fsp3) is 0.381. The summed E-state index contributed by atoms with van der Waals surface area (Å²) >= 11 is 0. The number of hydrogen-bond acceptors (Lipinski definition) is 11. The van der Waals surface area contributed by atoms with Gasteiger partial charge in [-0.15, -0.1) is 0 Å². The highest BCUT2D eigenvalue weighted by molar-refractivity contribution is 6.05. The van der Waals surface area contributed by atoms with Gasteiger partial charge in [0.1, 0.15) is 22.7 Å². The Bertz CT molecular complexity index is 2610. The highest BCUT2D eigenvalue weighted by Crippen LogP contribution is 2.32. The number of carbonyl (C=O) groups is 4. The van der Waals surface area contributed by atoms with Crippen LogP contribution in [0.25, 0.3) is 22.1 Å². The zero-order valence-electron chi connectivity index (χ0n) is 34.5. The predicted octanol–water partition coefficient (Wildman–Crippen LogP) is 4.60. The number of anilines is 2. The van der Waals surface area contributed by atoms with E-state index in [0.717, 1.165) is 26.1 Å². The summed E-state index contributed by atoms with van der Waals surface area (Å²) in [4.78, 5) is 63.9. The molecule has 3 amide bonds. The number of aromatic nitrogens is 8. The second-order valence-electron chi connectivity index (χ2n) is 14.6. The second-order valence-corrected chi connectivity index (χ2v) is 14.6. The fourth-order valence-electron chi connectivity index (χ4n) is 7.31. The van der Waals surface area contributed by atoms with Gasteiger partial charge in [0.05, 0.1) is 47.8 Å². The van der Waals surface area contributed by atoms with Gasteiger partial charge in [-0.2, -0.15) is 10.2 Å². The van der Waals surface area contributed by atoms with Gasteiger partial charge >= 0.3 is 0 Å². The van der Waals surface area contributed by atoms with E-state index in [2.05, 4.69) is 25.7 Å². The molecule has 2 aromatic carbocycles. The number of benzene rings is 2. The highest BCUT2D eigenvalue weighted by Gasteiger charge is 2.23. The van der Waals surface area contributed by atoms with Gasteiger partial charge in [0.15, 0.2) is 5.78 Å². The molecule has 4 N–H and O–H groups in total. The van der Waals surface area contributed by atoms with E-state index < -0.39 is 11.8 Å². The van der Waals surface area contributed by atoms with Crippen LogP contribution < -0.4 is 21.1 Å². The first kappa shape index (κ1) is 41.5. The van der Waals surface area contributed by atoms with Gasteiger partial charge in [0, 0.05) is 56.9 Å². The Hall–Kier alpha value is -6.66. The molecule has 0 bridgehead atoms. The van der Waals surface area contributed by atoms with Crippen molar-refractivity contribution in [3.63, 3.8) is 0 Å². The lowest BCUT2D eigenvalue weighted by Crippen LogP contribution is -2.37. The Morgan fingerprint density at radius 3 is 1.98 bits per heavy atom. The minimum absolute atomic E-state index is 0.104. The van der Waals surface area contributed by atoms with Crippen LogP contribution in [0.2, 0.25) is 0 Å². The van der Waals surface area contributed by atoms with E-state index in [1.54, 1.807) is 45.8 Å². The molecule has 18 nitrogen and oxygen atoms in total. The number of ether oxygens (including phenoxy) is 2. The lowest BCUT2D eigenvalue weighted by molar-refractivity contribution is 0.0358. The number of ketones is 1.